The fourth-order valence-corrected chi connectivity index (χ4v) is 4.06. The Labute approximate surface area is 146 Å². The summed E-state index contributed by atoms with van der Waals surface area (Å²) in [5.41, 5.74) is 2.44. The minimum Gasteiger partial charge on any atom is -0.542 e. The highest BCUT2D eigenvalue weighted by Gasteiger charge is 2.40. The van der Waals surface area contributed by atoms with E-state index in [2.05, 4.69) is 97.8 Å². The van der Waals surface area contributed by atoms with E-state index in [4.69, 9.17) is 4.43 Å². The predicted molar refractivity (Wildman–Crippen MR) is 110 cm³/mol. The summed E-state index contributed by atoms with van der Waals surface area (Å²) in [7, 11) is -3.48. The summed E-state index contributed by atoms with van der Waals surface area (Å²) in [5.74, 6) is 1.02. The zero-order chi connectivity index (χ0) is 18.3. The van der Waals surface area contributed by atoms with Gasteiger partial charge in [0.15, 0.2) is 8.24 Å². The molecular weight excluding hydrogens is 314 g/mol. The fraction of sp³-hybridized carbons (Fsp3) is 0.684. The van der Waals surface area contributed by atoms with E-state index in [0.717, 1.165) is 5.75 Å². The van der Waals surface area contributed by atoms with Crippen LogP contribution in [0.15, 0.2) is 18.2 Å². The first kappa shape index (κ1) is 20.3. The standard InChI is InChI=1S/C19H37NOSi2/c1-15-12-13-17(21-23(10,11)19(5,6)7)16(14-15)20-22(8,9)18(2,3)4/h12-14,20H,1-11H3. The lowest BCUT2D eigenvalue weighted by molar-refractivity contribution is 0.494. The number of anilines is 1. The number of hydrogen-bond donors (Lipinski definition) is 1. The van der Waals surface area contributed by atoms with Crippen LogP contribution < -0.4 is 9.41 Å². The van der Waals surface area contributed by atoms with Gasteiger partial charge < -0.3 is 9.41 Å². The summed E-state index contributed by atoms with van der Waals surface area (Å²) in [4.78, 5) is 3.88. The Morgan fingerprint density at radius 3 is 1.83 bits per heavy atom. The minimum atomic E-state index is -1.84. The third-order valence-corrected chi connectivity index (χ3v) is 14.6. The second kappa shape index (κ2) is 6.28. The Morgan fingerprint density at radius 1 is 0.870 bits per heavy atom. The van der Waals surface area contributed by atoms with Gasteiger partial charge in [-0.3, -0.25) is 0 Å². The van der Waals surface area contributed by atoms with Gasteiger partial charge in [0.25, 0.3) is 8.32 Å². The zero-order valence-electron chi connectivity index (χ0n) is 17.1. The van der Waals surface area contributed by atoms with Gasteiger partial charge in [-0.15, -0.1) is 0 Å². The number of nitrogens with one attached hydrogen (secondary N) is 1. The van der Waals surface area contributed by atoms with E-state index >= 15 is 0 Å². The van der Waals surface area contributed by atoms with Crippen molar-refractivity contribution in [1.29, 1.82) is 0 Å². The second-order valence-electron chi connectivity index (χ2n) is 9.86. The van der Waals surface area contributed by atoms with Crippen LogP contribution in [0.1, 0.15) is 47.1 Å². The van der Waals surface area contributed by atoms with Gasteiger partial charge in [-0.25, -0.2) is 0 Å². The Kier molecular flexibility index (Phi) is 5.54. The lowest BCUT2D eigenvalue weighted by Crippen LogP contribution is -2.47. The van der Waals surface area contributed by atoms with Crippen molar-refractivity contribution in [3.63, 3.8) is 0 Å². The third-order valence-electron chi connectivity index (χ3n) is 5.63. The Hall–Kier alpha value is -0.746. The Bertz CT molecular complexity index is 551. The predicted octanol–water partition coefficient (Wildman–Crippen LogP) is 6.80. The molecule has 23 heavy (non-hydrogen) atoms. The molecule has 0 spiro atoms. The van der Waals surface area contributed by atoms with Gasteiger partial charge >= 0.3 is 0 Å². The van der Waals surface area contributed by atoms with Crippen molar-refractivity contribution >= 4 is 22.2 Å². The number of benzene rings is 1. The molecule has 0 unspecified atom stereocenters. The van der Waals surface area contributed by atoms with Crippen molar-refractivity contribution in [3.05, 3.63) is 23.8 Å². The minimum absolute atomic E-state index is 0.201. The molecule has 1 N–H and O–H groups in total. The van der Waals surface area contributed by atoms with Crippen LogP contribution in [0.4, 0.5) is 5.69 Å². The highest BCUT2D eigenvalue weighted by atomic mass is 28.4. The SMILES string of the molecule is Cc1ccc(O[Si](C)(C)C(C)(C)C)c(N[Si](C)(C)C(C)(C)C)c1. The molecule has 0 amide bonds. The molecule has 0 aromatic heterocycles. The average Bonchev–Trinajstić information content (AvgIpc) is 2.29. The first-order valence-electron chi connectivity index (χ1n) is 8.65. The monoisotopic (exact) mass is 351 g/mol. The van der Waals surface area contributed by atoms with Gasteiger partial charge in [0.05, 0.1) is 5.69 Å². The van der Waals surface area contributed by atoms with Gasteiger partial charge in [0, 0.05) is 0 Å². The quantitative estimate of drug-likeness (QED) is 0.602. The number of rotatable bonds is 4. The highest BCUT2D eigenvalue weighted by molar-refractivity contribution is 6.83. The van der Waals surface area contributed by atoms with Crippen molar-refractivity contribution in [1.82, 2.24) is 0 Å². The molecule has 0 aliphatic heterocycles. The summed E-state index contributed by atoms with van der Waals surface area (Å²) in [6.07, 6.45) is 0. The molecule has 4 heteroatoms. The van der Waals surface area contributed by atoms with Crippen LogP contribution in [0.5, 0.6) is 5.75 Å². The third kappa shape index (κ3) is 4.86. The average molecular weight is 352 g/mol. The van der Waals surface area contributed by atoms with Crippen molar-refractivity contribution < 1.29 is 4.43 Å². The number of aryl methyl sites for hydroxylation is 1. The van der Waals surface area contributed by atoms with Crippen LogP contribution in [0.25, 0.3) is 0 Å². The molecule has 0 aliphatic carbocycles. The van der Waals surface area contributed by atoms with Crippen LogP contribution in [0.2, 0.25) is 36.3 Å². The summed E-state index contributed by atoms with van der Waals surface area (Å²) < 4.78 is 6.61. The Morgan fingerprint density at radius 2 is 1.39 bits per heavy atom. The molecule has 0 saturated carbocycles. The number of hydrogen-bond acceptors (Lipinski definition) is 2. The van der Waals surface area contributed by atoms with E-state index in [1.54, 1.807) is 0 Å². The van der Waals surface area contributed by atoms with Crippen LogP contribution >= 0.6 is 0 Å². The molecule has 1 aromatic rings. The normalized spacial score (nSPS) is 13.9. The van der Waals surface area contributed by atoms with Gasteiger partial charge in [0.2, 0.25) is 0 Å². The van der Waals surface area contributed by atoms with Crippen LogP contribution in [0, 0.1) is 6.92 Å². The molecule has 0 radical (unpaired) electrons. The molecule has 0 aliphatic rings. The van der Waals surface area contributed by atoms with E-state index < -0.39 is 16.6 Å². The van der Waals surface area contributed by atoms with Gasteiger partial charge in [-0.2, -0.15) is 0 Å². The molecule has 0 saturated heterocycles. The van der Waals surface area contributed by atoms with Crippen LogP contribution in [0.3, 0.4) is 0 Å². The lowest BCUT2D eigenvalue weighted by atomic mass is 10.2. The molecule has 0 atom stereocenters. The van der Waals surface area contributed by atoms with Crippen molar-refractivity contribution in [3.8, 4) is 5.75 Å². The molecular formula is C19H37NOSi2. The maximum absolute atomic E-state index is 6.61. The van der Waals surface area contributed by atoms with E-state index in [1.165, 1.54) is 11.3 Å². The smallest absolute Gasteiger partial charge is 0.250 e. The molecule has 1 rings (SSSR count). The maximum atomic E-state index is 6.61. The zero-order valence-corrected chi connectivity index (χ0v) is 19.1. The molecule has 0 bridgehead atoms. The second-order valence-corrected chi connectivity index (χ2v) is 19.6. The van der Waals surface area contributed by atoms with E-state index in [0.29, 0.717) is 0 Å². The van der Waals surface area contributed by atoms with E-state index in [1.807, 2.05) is 0 Å². The molecule has 2 nitrogen and oxygen atoms in total. The molecule has 0 heterocycles. The van der Waals surface area contributed by atoms with Gasteiger partial charge in [0.1, 0.15) is 5.75 Å². The first-order chi connectivity index (χ1) is 10.1. The summed E-state index contributed by atoms with van der Waals surface area (Å²) in [5, 5.41) is 0.483. The van der Waals surface area contributed by atoms with Crippen molar-refractivity contribution in [2.45, 2.75) is 84.7 Å². The Balaban J connectivity index is 3.22. The molecule has 1 aromatic carbocycles. The van der Waals surface area contributed by atoms with Gasteiger partial charge in [-0.05, 0) is 47.8 Å². The molecule has 0 fully saturated rings. The maximum Gasteiger partial charge on any atom is 0.250 e. The van der Waals surface area contributed by atoms with Crippen molar-refractivity contribution in [2.75, 3.05) is 4.98 Å². The highest BCUT2D eigenvalue weighted by Crippen LogP contribution is 2.42. The van der Waals surface area contributed by atoms with E-state index in [-0.39, 0.29) is 10.1 Å². The summed E-state index contributed by atoms with van der Waals surface area (Å²) >= 11 is 0. The van der Waals surface area contributed by atoms with Crippen molar-refractivity contribution in [2.24, 2.45) is 0 Å². The van der Waals surface area contributed by atoms with Gasteiger partial charge in [-0.1, -0.05) is 60.7 Å². The summed E-state index contributed by atoms with van der Waals surface area (Å²) in [6.45, 7) is 25.4. The fourth-order valence-electron chi connectivity index (χ4n) is 1.78. The van der Waals surface area contributed by atoms with Crippen LogP contribution in [-0.2, 0) is 0 Å². The van der Waals surface area contributed by atoms with Crippen LogP contribution in [-0.4, -0.2) is 16.6 Å². The topological polar surface area (TPSA) is 21.3 Å². The molecule has 132 valence electrons. The largest absolute Gasteiger partial charge is 0.542 e. The summed E-state index contributed by atoms with van der Waals surface area (Å²) in [6, 6.07) is 6.54. The lowest BCUT2D eigenvalue weighted by Gasteiger charge is -2.40. The first-order valence-corrected chi connectivity index (χ1v) is 14.6. The van der Waals surface area contributed by atoms with E-state index in [9.17, 15) is 0 Å².